The summed E-state index contributed by atoms with van der Waals surface area (Å²) in [5, 5.41) is 9.27. The molecule has 0 saturated carbocycles. The highest BCUT2D eigenvalue weighted by Gasteiger charge is 2.14. The molecule has 0 spiro atoms. The number of esters is 1. The normalized spacial score (nSPS) is 10.4. The summed E-state index contributed by atoms with van der Waals surface area (Å²) in [5.74, 6) is -2.29. The van der Waals surface area contributed by atoms with E-state index in [2.05, 4.69) is 21.2 Å². The molecule has 0 heterocycles. The lowest BCUT2D eigenvalue weighted by Crippen LogP contribution is -2.32. The van der Waals surface area contributed by atoms with Crippen molar-refractivity contribution in [2.45, 2.75) is 6.92 Å². The van der Waals surface area contributed by atoms with Gasteiger partial charge in [-0.2, -0.15) is 5.10 Å². The monoisotopic (exact) mass is 508 g/mol. The van der Waals surface area contributed by atoms with E-state index in [-0.39, 0.29) is 17.4 Å². The van der Waals surface area contributed by atoms with Gasteiger partial charge < -0.3 is 20.1 Å². The predicted octanol–water partition coefficient (Wildman–Crippen LogP) is 3.62. The summed E-state index contributed by atoms with van der Waals surface area (Å²) >= 11 is 5.83. The van der Waals surface area contributed by atoms with Crippen molar-refractivity contribution >= 4 is 52.9 Å². The van der Waals surface area contributed by atoms with Gasteiger partial charge in [0.15, 0.2) is 11.5 Å². The lowest BCUT2D eigenvalue weighted by molar-refractivity contribution is -0.136. The standard InChI is InChI=1S/C25H21ClN4O6/c1-15(31)28-19-8-10-20(11-9-19)29-23(32)24(33)30-27-14-16-3-12-21(22(13-16)35-2)36-25(34)17-4-6-18(26)7-5-17/h3-14H,1-2H3,(H,28,31)(H,29,32)(H,30,33)/b27-14+. The largest absolute Gasteiger partial charge is 0.493 e. The smallest absolute Gasteiger partial charge is 0.343 e. The number of benzene rings is 3. The van der Waals surface area contributed by atoms with Crippen molar-refractivity contribution in [1.29, 1.82) is 0 Å². The molecule has 3 aromatic carbocycles. The van der Waals surface area contributed by atoms with E-state index in [9.17, 15) is 19.2 Å². The van der Waals surface area contributed by atoms with Gasteiger partial charge in [-0.15, -0.1) is 0 Å². The first-order valence-corrected chi connectivity index (χ1v) is 10.8. The third kappa shape index (κ3) is 7.40. The fourth-order valence-corrected chi connectivity index (χ4v) is 2.96. The fraction of sp³-hybridized carbons (Fsp3) is 0.0800. The number of carbonyl (C=O) groups excluding carboxylic acids is 4. The average molecular weight is 509 g/mol. The van der Waals surface area contributed by atoms with Gasteiger partial charge >= 0.3 is 17.8 Å². The van der Waals surface area contributed by atoms with Crippen LogP contribution in [0.4, 0.5) is 11.4 Å². The van der Waals surface area contributed by atoms with Crippen LogP contribution in [0, 0.1) is 0 Å². The number of rotatable bonds is 7. The summed E-state index contributed by atoms with van der Waals surface area (Å²) in [6.45, 7) is 1.38. The number of hydrazone groups is 1. The molecule has 11 heteroatoms. The number of methoxy groups -OCH3 is 1. The van der Waals surface area contributed by atoms with Crippen LogP contribution in [0.2, 0.25) is 5.02 Å². The van der Waals surface area contributed by atoms with E-state index < -0.39 is 17.8 Å². The van der Waals surface area contributed by atoms with Gasteiger partial charge in [0.25, 0.3) is 0 Å². The maximum atomic E-state index is 12.3. The molecule has 0 aliphatic carbocycles. The summed E-state index contributed by atoms with van der Waals surface area (Å²) in [6.07, 6.45) is 1.29. The molecule has 0 unspecified atom stereocenters. The molecule has 0 aliphatic rings. The Labute approximate surface area is 211 Å². The molecular weight excluding hydrogens is 488 g/mol. The van der Waals surface area contributed by atoms with Gasteiger partial charge in [0, 0.05) is 23.3 Å². The molecule has 3 rings (SSSR count). The summed E-state index contributed by atoms with van der Waals surface area (Å²) in [5.41, 5.74) is 3.86. The molecule has 3 amide bonds. The molecule has 0 aromatic heterocycles. The molecule has 184 valence electrons. The third-order valence-electron chi connectivity index (χ3n) is 4.52. The van der Waals surface area contributed by atoms with Gasteiger partial charge in [0.1, 0.15) is 0 Å². The van der Waals surface area contributed by atoms with Crippen molar-refractivity contribution in [3.8, 4) is 11.5 Å². The molecule has 0 bridgehead atoms. The zero-order valence-electron chi connectivity index (χ0n) is 19.2. The van der Waals surface area contributed by atoms with E-state index in [0.29, 0.717) is 27.5 Å². The van der Waals surface area contributed by atoms with E-state index in [0.717, 1.165) is 0 Å². The Morgan fingerprint density at radius 1 is 0.833 bits per heavy atom. The second-order valence-corrected chi connectivity index (χ2v) is 7.65. The molecule has 0 aliphatic heterocycles. The number of halogens is 1. The third-order valence-corrected chi connectivity index (χ3v) is 4.77. The van der Waals surface area contributed by atoms with Crippen molar-refractivity contribution in [1.82, 2.24) is 5.43 Å². The van der Waals surface area contributed by atoms with Crippen molar-refractivity contribution < 1.29 is 28.7 Å². The van der Waals surface area contributed by atoms with Crippen molar-refractivity contribution in [3.63, 3.8) is 0 Å². The topological polar surface area (TPSA) is 135 Å². The van der Waals surface area contributed by atoms with Crippen molar-refractivity contribution in [2.75, 3.05) is 17.7 Å². The van der Waals surface area contributed by atoms with Gasteiger partial charge in [-0.1, -0.05) is 11.6 Å². The molecule has 0 radical (unpaired) electrons. The fourth-order valence-electron chi connectivity index (χ4n) is 2.84. The van der Waals surface area contributed by atoms with Crippen molar-refractivity contribution in [3.05, 3.63) is 82.9 Å². The molecule has 0 saturated heterocycles. The van der Waals surface area contributed by atoms with E-state index in [1.165, 1.54) is 56.6 Å². The van der Waals surface area contributed by atoms with Crippen LogP contribution in [-0.4, -0.2) is 37.0 Å². The molecule has 3 aromatic rings. The molecule has 0 fully saturated rings. The van der Waals surface area contributed by atoms with Crippen LogP contribution in [0.3, 0.4) is 0 Å². The molecule has 3 N–H and O–H groups in total. The van der Waals surface area contributed by atoms with E-state index in [4.69, 9.17) is 21.1 Å². The lowest BCUT2D eigenvalue weighted by Gasteiger charge is -2.10. The first-order valence-electron chi connectivity index (χ1n) is 10.4. The first kappa shape index (κ1) is 25.9. The van der Waals surface area contributed by atoms with E-state index in [1.807, 2.05) is 0 Å². The van der Waals surface area contributed by atoms with Gasteiger partial charge in [-0.3, -0.25) is 14.4 Å². The number of anilines is 2. The average Bonchev–Trinajstić information content (AvgIpc) is 2.86. The maximum Gasteiger partial charge on any atom is 0.343 e. The van der Waals surface area contributed by atoms with Crippen LogP contribution in [0.25, 0.3) is 0 Å². The van der Waals surface area contributed by atoms with Crippen LogP contribution >= 0.6 is 11.6 Å². The Morgan fingerprint density at radius 3 is 2.08 bits per heavy atom. The highest BCUT2D eigenvalue weighted by atomic mass is 35.5. The Morgan fingerprint density at radius 2 is 1.47 bits per heavy atom. The second-order valence-electron chi connectivity index (χ2n) is 7.22. The Bertz CT molecular complexity index is 1310. The van der Waals surface area contributed by atoms with Crippen LogP contribution in [-0.2, 0) is 14.4 Å². The minimum absolute atomic E-state index is 0.183. The van der Waals surface area contributed by atoms with Gasteiger partial charge in [-0.25, -0.2) is 10.2 Å². The Kier molecular flexibility index (Phi) is 8.73. The van der Waals surface area contributed by atoms with Crippen molar-refractivity contribution in [2.24, 2.45) is 5.10 Å². The molecule has 36 heavy (non-hydrogen) atoms. The number of amides is 3. The predicted molar refractivity (Wildman–Crippen MR) is 135 cm³/mol. The lowest BCUT2D eigenvalue weighted by atomic mass is 10.2. The molecule has 10 nitrogen and oxygen atoms in total. The van der Waals surface area contributed by atoms with Gasteiger partial charge in [0.2, 0.25) is 5.91 Å². The Hall–Kier alpha value is -4.70. The first-order chi connectivity index (χ1) is 17.2. The Balaban J connectivity index is 1.56. The minimum atomic E-state index is -0.988. The van der Waals surface area contributed by atoms with E-state index >= 15 is 0 Å². The molecular formula is C25H21ClN4O6. The SMILES string of the molecule is COc1cc(/C=N/NC(=O)C(=O)Nc2ccc(NC(C)=O)cc2)ccc1OC(=O)c1ccc(Cl)cc1. The van der Waals surface area contributed by atoms with Crippen LogP contribution in [0.15, 0.2) is 71.8 Å². The number of nitrogens with zero attached hydrogens (tertiary/aromatic N) is 1. The number of carbonyl (C=O) groups is 4. The number of hydrogen-bond donors (Lipinski definition) is 3. The van der Waals surface area contributed by atoms with Crippen LogP contribution in [0.5, 0.6) is 11.5 Å². The summed E-state index contributed by atoms with van der Waals surface area (Å²) < 4.78 is 10.6. The van der Waals surface area contributed by atoms with Crippen LogP contribution in [0.1, 0.15) is 22.8 Å². The highest BCUT2D eigenvalue weighted by Crippen LogP contribution is 2.28. The summed E-state index contributed by atoms with van der Waals surface area (Å²) in [4.78, 5) is 47.5. The van der Waals surface area contributed by atoms with E-state index in [1.54, 1.807) is 30.3 Å². The minimum Gasteiger partial charge on any atom is -0.493 e. The maximum absolute atomic E-state index is 12.3. The summed E-state index contributed by atoms with van der Waals surface area (Å²) in [7, 11) is 1.41. The number of nitrogens with one attached hydrogen (secondary N) is 3. The van der Waals surface area contributed by atoms with Gasteiger partial charge in [-0.05, 0) is 72.3 Å². The number of hydrogen-bond acceptors (Lipinski definition) is 7. The summed E-state index contributed by atoms with van der Waals surface area (Å²) in [6, 6.07) is 17.1. The molecule has 0 atom stereocenters. The highest BCUT2D eigenvalue weighted by molar-refractivity contribution is 6.39. The zero-order chi connectivity index (χ0) is 26.1. The zero-order valence-corrected chi connectivity index (χ0v) is 20.0. The number of ether oxygens (including phenoxy) is 2. The van der Waals surface area contributed by atoms with Gasteiger partial charge in [0.05, 0.1) is 18.9 Å². The second kappa shape index (κ2) is 12.1. The quantitative estimate of drug-likeness (QED) is 0.147. The van der Waals surface area contributed by atoms with Crippen LogP contribution < -0.4 is 25.5 Å².